The number of nitrogens with one attached hydrogen (secondary N) is 1. The molecule has 0 aliphatic carbocycles. The average Bonchev–Trinajstić information content (AvgIpc) is 2.89. The molecule has 0 spiro atoms. The molecule has 3 rings (SSSR count). The van der Waals surface area contributed by atoms with Crippen molar-refractivity contribution in [1.82, 2.24) is 19.7 Å². The van der Waals surface area contributed by atoms with Crippen LogP contribution in [0, 0.1) is 0 Å². The van der Waals surface area contributed by atoms with Gasteiger partial charge in [-0.05, 0) is 24.3 Å². The van der Waals surface area contributed by atoms with Crippen LogP contribution in [0.2, 0.25) is 0 Å². The van der Waals surface area contributed by atoms with Gasteiger partial charge in [-0.15, -0.1) is 13.2 Å². The summed E-state index contributed by atoms with van der Waals surface area (Å²) in [7, 11) is 0. The van der Waals surface area contributed by atoms with Crippen molar-refractivity contribution < 1.29 is 26.7 Å². The van der Waals surface area contributed by atoms with E-state index >= 15 is 0 Å². The Morgan fingerprint density at radius 1 is 1.08 bits per heavy atom. The standard InChI is InChI=1S/C15H12F5N5O/c1-14(16,17)7-25-6-11-12(21-8-22-13(11)24-25)23-9-2-4-10(5-3-9)26-15(18,19)20/h2-6,8H,7H2,1H3,(H,21,22,23,24). The van der Waals surface area contributed by atoms with E-state index in [9.17, 15) is 22.0 Å². The zero-order chi connectivity index (χ0) is 18.9. The zero-order valence-electron chi connectivity index (χ0n) is 13.3. The summed E-state index contributed by atoms with van der Waals surface area (Å²) in [6.45, 7) is 0.154. The van der Waals surface area contributed by atoms with E-state index in [0.717, 1.165) is 23.7 Å². The second-order valence-electron chi connectivity index (χ2n) is 5.55. The molecule has 0 amide bonds. The van der Waals surface area contributed by atoms with Crippen LogP contribution in [0.4, 0.5) is 33.5 Å². The summed E-state index contributed by atoms with van der Waals surface area (Å²) in [5.41, 5.74) is 0.636. The highest BCUT2D eigenvalue weighted by Crippen LogP contribution is 2.27. The molecule has 3 aromatic rings. The monoisotopic (exact) mass is 373 g/mol. The van der Waals surface area contributed by atoms with Gasteiger partial charge in [-0.1, -0.05) is 0 Å². The summed E-state index contributed by atoms with van der Waals surface area (Å²) in [6.07, 6.45) is -2.20. The SMILES string of the molecule is CC(F)(F)Cn1cc2c(Nc3ccc(OC(F)(F)F)cc3)ncnc2n1. The predicted octanol–water partition coefficient (Wildman–Crippen LogP) is 4.12. The number of benzene rings is 1. The number of alkyl halides is 5. The molecule has 0 atom stereocenters. The van der Waals surface area contributed by atoms with Crippen molar-refractivity contribution in [2.24, 2.45) is 0 Å². The summed E-state index contributed by atoms with van der Waals surface area (Å²) in [4.78, 5) is 7.94. The third-order valence-electron chi connectivity index (χ3n) is 3.15. The summed E-state index contributed by atoms with van der Waals surface area (Å²) >= 11 is 0. The van der Waals surface area contributed by atoms with Crippen molar-refractivity contribution in [3.05, 3.63) is 36.8 Å². The number of nitrogens with zero attached hydrogens (tertiary/aromatic N) is 4. The van der Waals surface area contributed by atoms with E-state index in [0.29, 0.717) is 11.1 Å². The molecule has 0 saturated carbocycles. The minimum Gasteiger partial charge on any atom is -0.406 e. The highest BCUT2D eigenvalue weighted by atomic mass is 19.4. The Balaban J connectivity index is 1.82. The molecule has 2 heterocycles. The van der Waals surface area contributed by atoms with Crippen molar-refractivity contribution in [3.63, 3.8) is 0 Å². The molecule has 0 unspecified atom stereocenters. The Kier molecular flexibility index (Phi) is 4.38. The molecule has 0 saturated heterocycles. The summed E-state index contributed by atoms with van der Waals surface area (Å²) in [5, 5.41) is 7.24. The van der Waals surface area contributed by atoms with Gasteiger partial charge in [0, 0.05) is 18.8 Å². The number of fused-ring (bicyclic) bond motifs is 1. The first-order valence-corrected chi connectivity index (χ1v) is 7.28. The molecular weight excluding hydrogens is 361 g/mol. The van der Waals surface area contributed by atoms with Gasteiger partial charge in [-0.25, -0.2) is 18.7 Å². The molecule has 0 bridgehead atoms. The Labute approximate surface area is 143 Å². The minimum absolute atomic E-state index is 0.212. The Morgan fingerprint density at radius 3 is 2.38 bits per heavy atom. The van der Waals surface area contributed by atoms with Gasteiger partial charge in [0.25, 0.3) is 5.92 Å². The number of aromatic nitrogens is 4. The number of hydrogen-bond donors (Lipinski definition) is 1. The second-order valence-corrected chi connectivity index (χ2v) is 5.55. The molecule has 0 radical (unpaired) electrons. The second kappa shape index (κ2) is 6.39. The van der Waals surface area contributed by atoms with E-state index in [1.807, 2.05) is 0 Å². The van der Waals surface area contributed by atoms with Crippen molar-refractivity contribution in [2.45, 2.75) is 25.8 Å². The van der Waals surface area contributed by atoms with Crippen LogP contribution >= 0.6 is 0 Å². The van der Waals surface area contributed by atoms with Crippen molar-refractivity contribution in [1.29, 1.82) is 0 Å². The smallest absolute Gasteiger partial charge is 0.406 e. The molecule has 1 aromatic carbocycles. The van der Waals surface area contributed by atoms with Gasteiger partial charge >= 0.3 is 6.36 Å². The average molecular weight is 373 g/mol. The molecule has 2 aromatic heterocycles. The number of halogens is 5. The van der Waals surface area contributed by atoms with Crippen LogP contribution in [0.5, 0.6) is 5.75 Å². The maximum Gasteiger partial charge on any atom is 0.573 e. The molecular formula is C15H12F5N5O. The Morgan fingerprint density at radius 2 is 1.77 bits per heavy atom. The number of rotatable bonds is 5. The maximum atomic E-state index is 13.1. The molecule has 0 aliphatic heterocycles. The molecule has 11 heteroatoms. The van der Waals surface area contributed by atoms with Gasteiger partial charge in [-0.2, -0.15) is 5.10 Å². The van der Waals surface area contributed by atoms with E-state index in [1.54, 1.807) is 0 Å². The van der Waals surface area contributed by atoms with Crippen LogP contribution in [0.3, 0.4) is 0 Å². The van der Waals surface area contributed by atoms with E-state index in [1.165, 1.54) is 24.7 Å². The third kappa shape index (κ3) is 4.55. The normalized spacial score (nSPS) is 12.4. The lowest BCUT2D eigenvalue weighted by atomic mass is 10.3. The number of ether oxygens (including phenoxy) is 1. The summed E-state index contributed by atoms with van der Waals surface area (Å²) in [5.74, 6) is -3.03. The lowest BCUT2D eigenvalue weighted by Gasteiger charge is -2.10. The minimum atomic E-state index is -4.77. The van der Waals surface area contributed by atoms with Crippen LogP contribution in [0.1, 0.15) is 6.92 Å². The van der Waals surface area contributed by atoms with Gasteiger partial charge in [0.15, 0.2) is 5.65 Å². The van der Waals surface area contributed by atoms with E-state index in [2.05, 4.69) is 25.1 Å². The third-order valence-corrected chi connectivity index (χ3v) is 3.15. The molecule has 0 fully saturated rings. The fourth-order valence-electron chi connectivity index (χ4n) is 2.23. The van der Waals surface area contributed by atoms with Gasteiger partial charge < -0.3 is 10.1 Å². The van der Waals surface area contributed by atoms with Crippen molar-refractivity contribution in [2.75, 3.05) is 5.32 Å². The Hall–Kier alpha value is -2.98. The van der Waals surface area contributed by atoms with Gasteiger partial charge in [0.2, 0.25) is 0 Å². The van der Waals surface area contributed by atoms with E-state index < -0.39 is 18.8 Å². The Bertz CT molecular complexity index is 901. The maximum absolute atomic E-state index is 13.1. The lowest BCUT2D eigenvalue weighted by Crippen LogP contribution is -2.19. The highest BCUT2D eigenvalue weighted by Gasteiger charge is 2.31. The molecule has 138 valence electrons. The van der Waals surface area contributed by atoms with Crippen molar-refractivity contribution in [3.8, 4) is 5.75 Å². The first kappa shape index (κ1) is 17.8. The van der Waals surface area contributed by atoms with Crippen LogP contribution in [-0.2, 0) is 6.54 Å². The topological polar surface area (TPSA) is 64.9 Å². The van der Waals surface area contributed by atoms with Crippen LogP contribution in [-0.4, -0.2) is 32.0 Å². The first-order chi connectivity index (χ1) is 12.1. The predicted molar refractivity (Wildman–Crippen MR) is 82.4 cm³/mol. The van der Waals surface area contributed by atoms with Gasteiger partial charge in [0.1, 0.15) is 24.4 Å². The largest absolute Gasteiger partial charge is 0.573 e. The highest BCUT2D eigenvalue weighted by molar-refractivity contribution is 5.87. The first-order valence-electron chi connectivity index (χ1n) is 7.28. The van der Waals surface area contributed by atoms with Gasteiger partial charge in [0.05, 0.1) is 5.39 Å². The molecule has 26 heavy (non-hydrogen) atoms. The number of anilines is 2. The molecule has 6 nitrogen and oxygen atoms in total. The van der Waals surface area contributed by atoms with Crippen LogP contribution in [0.15, 0.2) is 36.8 Å². The van der Waals surface area contributed by atoms with Crippen molar-refractivity contribution >= 4 is 22.5 Å². The quantitative estimate of drug-likeness (QED) is 0.682. The fraction of sp³-hybridized carbons (Fsp3) is 0.267. The lowest BCUT2D eigenvalue weighted by molar-refractivity contribution is -0.274. The molecule has 1 N–H and O–H groups in total. The molecule has 0 aliphatic rings. The summed E-state index contributed by atoms with van der Waals surface area (Å²) in [6, 6.07) is 4.99. The summed E-state index contributed by atoms with van der Waals surface area (Å²) < 4.78 is 67.6. The van der Waals surface area contributed by atoms with Crippen LogP contribution in [0.25, 0.3) is 11.0 Å². The van der Waals surface area contributed by atoms with E-state index in [4.69, 9.17) is 0 Å². The van der Waals surface area contributed by atoms with Crippen LogP contribution < -0.4 is 10.1 Å². The van der Waals surface area contributed by atoms with Gasteiger partial charge in [-0.3, -0.25) is 4.68 Å². The fourth-order valence-corrected chi connectivity index (χ4v) is 2.23. The van der Waals surface area contributed by atoms with E-state index in [-0.39, 0.29) is 17.2 Å². The zero-order valence-corrected chi connectivity index (χ0v) is 13.3. The number of hydrogen-bond acceptors (Lipinski definition) is 5.